The van der Waals surface area contributed by atoms with E-state index in [1.807, 2.05) is 30.3 Å². The Morgan fingerprint density at radius 2 is 1.91 bits per heavy atom. The number of likely N-dealkylation sites (tertiary alicyclic amines) is 1. The van der Waals surface area contributed by atoms with Gasteiger partial charge in [0, 0.05) is 11.7 Å². The summed E-state index contributed by atoms with van der Waals surface area (Å²) < 4.78 is 5.12. The first-order chi connectivity index (χ1) is 11.3. The molecular formula is C19H22N2O2. The standard InChI is InChI=1S/C19H22N2O2/c1-23-17-11-9-16(10-12-17)20-19(22)14-21-13-5-8-18(21)15-6-3-2-4-7-15/h2-4,6-7,9-12,18H,5,8,13-14H2,1H3,(H,20,22). The third-order valence-electron chi connectivity index (χ3n) is 4.27. The SMILES string of the molecule is COc1ccc(NC(=O)CN2CCCC2c2ccccc2)cc1. The summed E-state index contributed by atoms with van der Waals surface area (Å²) in [6, 6.07) is 18.2. The number of ether oxygens (including phenoxy) is 1. The fraction of sp³-hybridized carbons (Fsp3) is 0.316. The molecule has 120 valence electrons. The second-order valence-corrected chi connectivity index (χ2v) is 5.82. The lowest BCUT2D eigenvalue weighted by atomic mass is 10.0. The molecule has 1 saturated heterocycles. The van der Waals surface area contributed by atoms with Crippen molar-refractivity contribution in [2.24, 2.45) is 0 Å². The number of carbonyl (C=O) groups is 1. The minimum absolute atomic E-state index is 0.0259. The van der Waals surface area contributed by atoms with Crippen LogP contribution in [0.15, 0.2) is 54.6 Å². The lowest BCUT2D eigenvalue weighted by Gasteiger charge is -2.24. The lowest BCUT2D eigenvalue weighted by molar-refractivity contribution is -0.117. The van der Waals surface area contributed by atoms with Crippen molar-refractivity contribution in [2.75, 3.05) is 25.5 Å². The van der Waals surface area contributed by atoms with E-state index < -0.39 is 0 Å². The number of nitrogens with zero attached hydrogens (tertiary/aromatic N) is 1. The predicted molar refractivity (Wildman–Crippen MR) is 91.6 cm³/mol. The molecule has 1 aliphatic heterocycles. The van der Waals surface area contributed by atoms with E-state index in [9.17, 15) is 4.79 Å². The van der Waals surface area contributed by atoms with Crippen LogP contribution in [0.5, 0.6) is 5.75 Å². The second-order valence-electron chi connectivity index (χ2n) is 5.82. The van der Waals surface area contributed by atoms with Gasteiger partial charge in [-0.15, -0.1) is 0 Å². The normalized spacial score (nSPS) is 17.9. The van der Waals surface area contributed by atoms with Crippen LogP contribution in [0, 0.1) is 0 Å². The van der Waals surface area contributed by atoms with Crippen LogP contribution in [-0.2, 0) is 4.79 Å². The van der Waals surface area contributed by atoms with Gasteiger partial charge in [0.2, 0.25) is 5.91 Å². The molecule has 0 spiro atoms. The molecule has 1 aliphatic rings. The molecule has 0 radical (unpaired) electrons. The summed E-state index contributed by atoms with van der Waals surface area (Å²) in [5.41, 5.74) is 2.09. The van der Waals surface area contributed by atoms with E-state index in [-0.39, 0.29) is 5.91 Å². The van der Waals surface area contributed by atoms with Gasteiger partial charge in [0.1, 0.15) is 5.75 Å². The van der Waals surface area contributed by atoms with Crippen molar-refractivity contribution in [2.45, 2.75) is 18.9 Å². The van der Waals surface area contributed by atoms with Crippen LogP contribution in [0.4, 0.5) is 5.69 Å². The Balaban J connectivity index is 1.60. The maximum absolute atomic E-state index is 12.3. The Morgan fingerprint density at radius 3 is 2.61 bits per heavy atom. The van der Waals surface area contributed by atoms with Crippen LogP contribution < -0.4 is 10.1 Å². The third-order valence-corrected chi connectivity index (χ3v) is 4.27. The summed E-state index contributed by atoms with van der Waals surface area (Å²) in [6.45, 7) is 1.39. The Kier molecular flexibility index (Phi) is 4.93. The van der Waals surface area contributed by atoms with E-state index in [0.29, 0.717) is 12.6 Å². The fourth-order valence-electron chi connectivity index (χ4n) is 3.13. The second kappa shape index (κ2) is 7.29. The van der Waals surface area contributed by atoms with Crippen LogP contribution in [-0.4, -0.2) is 31.0 Å². The van der Waals surface area contributed by atoms with E-state index >= 15 is 0 Å². The highest BCUT2D eigenvalue weighted by Gasteiger charge is 2.27. The van der Waals surface area contributed by atoms with Crippen LogP contribution >= 0.6 is 0 Å². The molecule has 3 rings (SSSR count). The monoisotopic (exact) mass is 310 g/mol. The molecule has 2 aromatic carbocycles. The van der Waals surface area contributed by atoms with E-state index in [2.05, 4.69) is 34.5 Å². The number of benzene rings is 2. The Labute approximate surface area is 137 Å². The number of nitrogens with one attached hydrogen (secondary N) is 1. The van der Waals surface area contributed by atoms with E-state index in [1.54, 1.807) is 7.11 Å². The maximum atomic E-state index is 12.3. The van der Waals surface area contributed by atoms with Gasteiger partial charge in [-0.25, -0.2) is 0 Å². The van der Waals surface area contributed by atoms with E-state index in [0.717, 1.165) is 30.8 Å². The Morgan fingerprint density at radius 1 is 1.17 bits per heavy atom. The molecule has 4 nitrogen and oxygen atoms in total. The number of methoxy groups -OCH3 is 1. The number of carbonyl (C=O) groups excluding carboxylic acids is 1. The molecule has 2 aromatic rings. The maximum Gasteiger partial charge on any atom is 0.238 e. The zero-order chi connectivity index (χ0) is 16.1. The molecule has 1 heterocycles. The minimum atomic E-state index is 0.0259. The van der Waals surface area contributed by atoms with Gasteiger partial charge in [0.15, 0.2) is 0 Å². The van der Waals surface area contributed by atoms with E-state index in [4.69, 9.17) is 4.74 Å². The van der Waals surface area contributed by atoms with Crippen molar-refractivity contribution in [3.8, 4) is 5.75 Å². The van der Waals surface area contributed by atoms with Gasteiger partial charge in [0.25, 0.3) is 0 Å². The van der Waals surface area contributed by atoms with Crippen molar-refractivity contribution in [3.63, 3.8) is 0 Å². The molecule has 0 bridgehead atoms. The van der Waals surface area contributed by atoms with Crippen molar-refractivity contribution in [1.29, 1.82) is 0 Å². The molecule has 1 N–H and O–H groups in total. The Hall–Kier alpha value is -2.33. The summed E-state index contributed by atoms with van der Waals surface area (Å²) in [5, 5.41) is 2.96. The van der Waals surface area contributed by atoms with Gasteiger partial charge in [-0.2, -0.15) is 0 Å². The average molecular weight is 310 g/mol. The van der Waals surface area contributed by atoms with Crippen molar-refractivity contribution < 1.29 is 9.53 Å². The van der Waals surface area contributed by atoms with Crippen LogP contribution in [0.3, 0.4) is 0 Å². The van der Waals surface area contributed by atoms with Gasteiger partial charge in [-0.05, 0) is 49.2 Å². The summed E-state index contributed by atoms with van der Waals surface area (Å²) in [5.74, 6) is 0.810. The number of hydrogen-bond donors (Lipinski definition) is 1. The number of rotatable bonds is 5. The highest BCUT2D eigenvalue weighted by atomic mass is 16.5. The summed E-state index contributed by atoms with van der Waals surface area (Å²) >= 11 is 0. The third kappa shape index (κ3) is 3.90. The topological polar surface area (TPSA) is 41.6 Å². The zero-order valence-electron chi connectivity index (χ0n) is 13.4. The van der Waals surface area contributed by atoms with Gasteiger partial charge < -0.3 is 10.1 Å². The molecule has 0 saturated carbocycles. The highest BCUT2D eigenvalue weighted by molar-refractivity contribution is 5.92. The first kappa shape index (κ1) is 15.6. The largest absolute Gasteiger partial charge is 0.497 e. The van der Waals surface area contributed by atoms with Crippen molar-refractivity contribution in [3.05, 3.63) is 60.2 Å². The summed E-state index contributed by atoms with van der Waals surface area (Å²) in [6.07, 6.45) is 2.25. The van der Waals surface area contributed by atoms with Crippen LogP contribution in [0.2, 0.25) is 0 Å². The molecule has 1 unspecified atom stereocenters. The molecule has 1 amide bonds. The first-order valence-corrected chi connectivity index (χ1v) is 7.99. The smallest absolute Gasteiger partial charge is 0.238 e. The minimum Gasteiger partial charge on any atom is -0.497 e. The predicted octanol–water partition coefficient (Wildman–Crippen LogP) is 3.47. The Bertz CT molecular complexity index is 640. The van der Waals surface area contributed by atoms with Gasteiger partial charge in [-0.1, -0.05) is 30.3 Å². The number of hydrogen-bond acceptors (Lipinski definition) is 3. The average Bonchev–Trinajstić information content (AvgIpc) is 3.04. The van der Waals surface area contributed by atoms with Crippen LogP contribution in [0.25, 0.3) is 0 Å². The lowest BCUT2D eigenvalue weighted by Crippen LogP contribution is -2.32. The van der Waals surface area contributed by atoms with E-state index in [1.165, 1.54) is 5.56 Å². The molecule has 0 aliphatic carbocycles. The molecule has 1 atom stereocenters. The molecule has 4 heteroatoms. The quantitative estimate of drug-likeness (QED) is 0.919. The highest BCUT2D eigenvalue weighted by Crippen LogP contribution is 2.31. The summed E-state index contributed by atoms with van der Waals surface area (Å²) in [7, 11) is 1.63. The number of anilines is 1. The van der Waals surface area contributed by atoms with Crippen molar-refractivity contribution >= 4 is 11.6 Å². The zero-order valence-corrected chi connectivity index (χ0v) is 13.4. The summed E-state index contributed by atoms with van der Waals surface area (Å²) in [4.78, 5) is 14.6. The van der Waals surface area contributed by atoms with Gasteiger partial charge >= 0.3 is 0 Å². The van der Waals surface area contributed by atoms with Crippen molar-refractivity contribution in [1.82, 2.24) is 4.90 Å². The molecular weight excluding hydrogens is 288 g/mol. The number of amides is 1. The van der Waals surface area contributed by atoms with Crippen LogP contribution in [0.1, 0.15) is 24.4 Å². The fourth-order valence-corrected chi connectivity index (χ4v) is 3.13. The van der Waals surface area contributed by atoms with Gasteiger partial charge in [0.05, 0.1) is 13.7 Å². The molecule has 0 aromatic heterocycles. The first-order valence-electron chi connectivity index (χ1n) is 7.99. The molecule has 1 fully saturated rings. The van der Waals surface area contributed by atoms with Gasteiger partial charge in [-0.3, -0.25) is 9.69 Å². The molecule has 23 heavy (non-hydrogen) atoms.